The molecule has 0 aliphatic carbocycles. The first-order valence-corrected chi connectivity index (χ1v) is 15.3. The van der Waals surface area contributed by atoms with Crippen LogP contribution in [-0.2, 0) is 22.9 Å². The van der Waals surface area contributed by atoms with Gasteiger partial charge in [-0.05, 0) is 60.4 Å². The lowest BCUT2D eigenvalue weighted by molar-refractivity contribution is 0.273. The molecule has 1 aliphatic heterocycles. The van der Waals surface area contributed by atoms with Gasteiger partial charge < -0.3 is 0 Å². The van der Waals surface area contributed by atoms with E-state index in [-0.39, 0.29) is 0 Å². The fraction of sp³-hybridized carbons (Fsp3) is 0.267. The highest BCUT2D eigenvalue weighted by Gasteiger charge is 2.29. The predicted molar refractivity (Wildman–Crippen MR) is 156 cm³/mol. The molecular weight excluding hydrogens is 512 g/mol. The maximum absolute atomic E-state index is 13.3. The van der Waals surface area contributed by atoms with E-state index in [1.165, 1.54) is 22.5 Å². The Hall–Kier alpha value is -3.33. The molecule has 1 aliphatic rings. The lowest BCUT2D eigenvalue weighted by atomic mass is 9.91. The highest BCUT2D eigenvalue weighted by Crippen LogP contribution is 2.29. The van der Waals surface area contributed by atoms with Crippen LogP contribution in [0.2, 0.25) is 0 Å². The molecule has 3 aromatic carbocycles. The van der Waals surface area contributed by atoms with Crippen LogP contribution in [0.25, 0.3) is 11.3 Å². The summed E-state index contributed by atoms with van der Waals surface area (Å²) in [5.41, 5.74) is 8.26. The van der Waals surface area contributed by atoms with E-state index in [0.717, 1.165) is 42.5 Å². The van der Waals surface area contributed by atoms with E-state index in [1.54, 1.807) is 22.7 Å². The maximum Gasteiger partial charge on any atom is 0.243 e. The lowest BCUT2D eigenvalue weighted by Gasteiger charge is -2.31. The summed E-state index contributed by atoms with van der Waals surface area (Å²) in [7, 11) is -3.51. The second-order valence-corrected chi connectivity index (χ2v) is 12.4. The molecule has 4 aromatic rings. The Morgan fingerprint density at radius 1 is 0.974 bits per heavy atom. The summed E-state index contributed by atoms with van der Waals surface area (Å²) in [6.45, 7) is 3.26. The van der Waals surface area contributed by atoms with Crippen LogP contribution < -0.4 is 5.43 Å². The Morgan fingerprint density at radius 2 is 1.68 bits per heavy atom. The molecular formula is C30H32N4O2S2. The van der Waals surface area contributed by atoms with E-state index < -0.39 is 10.0 Å². The van der Waals surface area contributed by atoms with Crippen molar-refractivity contribution in [3.63, 3.8) is 0 Å². The zero-order valence-corrected chi connectivity index (χ0v) is 23.1. The number of piperidine rings is 1. The summed E-state index contributed by atoms with van der Waals surface area (Å²) < 4.78 is 28.2. The van der Waals surface area contributed by atoms with E-state index in [0.29, 0.717) is 29.0 Å². The molecule has 1 N–H and O–H groups in total. The minimum Gasteiger partial charge on any atom is -0.253 e. The van der Waals surface area contributed by atoms with Gasteiger partial charge in [0.2, 0.25) is 15.2 Å². The maximum atomic E-state index is 13.3. The predicted octanol–water partition coefficient (Wildman–Crippen LogP) is 6.46. The zero-order chi connectivity index (χ0) is 26.4. The van der Waals surface area contributed by atoms with Crippen LogP contribution in [0.15, 0.2) is 94.2 Å². The average molecular weight is 545 g/mol. The number of benzene rings is 3. The molecule has 2 heterocycles. The van der Waals surface area contributed by atoms with Crippen LogP contribution in [0.4, 0.5) is 5.13 Å². The van der Waals surface area contributed by atoms with Crippen LogP contribution in [0.5, 0.6) is 0 Å². The average Bonchev–Trinajstić information content (AvgIpc) is 3.43. The summed E-state index contributed by atoms with van der Waals surface area (Å²) in [6, 6.07) is 25.7. The highest BCUT2D eigenvalue weighted by molar-refractivity contribution is 7.89. The number of sulfonamides is 1. The Bertz CT molecular complexity index is 1460. The van der Waals surface area contributed by atoms with E-state index in [4.69, 9.17) is 0 Å². The van der Waals surface area contributed by atoms with E-state index in [2.05, 4.69) is 58.8 Å². The van der Waals surface area contributed by atoms with Crippen LogP contribution >= 0.6 is 11.3 Å². The van der Waals surface area contributed by atoms with Gasteiger partial charge in [-0.25, -0.2) is 13.4 Å². The molecule has 0 radical (unpaired) electrons. The number of hydrogen-bond donors (Lipinski definition) is 1. The lowest BCUT2D eigenvalue weighted by Crippen LogP contribution is -2.38. The molecule has 1 aromatic heterocycles. The monoisotopic (exact) mass is 544 g/mol. The summed E-state index contributed by atoms with van der Waals surface area (Å²) >= 11 is 1.46. The fourth-order valence-electron chi connectivity index (χ4n) is 4.71. The topological polar surface area (TPSA) is 74.7 Å². The highest BCUT2D eigenvalue weighted by atomic mass is 32.2. The summed E-state index contributed by atoms with van der Waals surface area (Å²) in [5.74, 6) is 0.518. The molecule has 8 heteroatoms. The smallest absolute Gasteiger partial charge is 0.243 e. The van der Waals surface area contributed by atoms with Crippen LogP contribution in [-0.4, -0.2) is 37.0 Å². The Kier molecular flexibility index (Phi) is 8.32. The van der Waals surface area contributed by atoms with Crippen LogP contribution in [0, 0.1) is 5.92 Å². The number of nitrogens with one attached hydrogen (secondary N) is 1. The van der Waals surface area contributed by atoms with Gasteiger partial charge in [-0.15, -0.1) is 11.3 Å². The first-order valence-electron chi connectivity index (χ1n) is 13.0. The molecule has 38 heavy (non-hydrogen) atoms. The van der Waals surface area contributed by atoms with Gasteiger partial charge in [0.1, 0.15) is 0 Å². The van der Waals surface area contributed by atoms with Crippen molar-refractivity contribution in [2.75, 3.05) is 18.5 Å². The number of hydrogen-bond acceptors (Lipinski definition) is 6. The summed E-state index contributed by atoms with van der Waals surface area (Å²) in [5, 5.41) is 6.91. The molecule has 0 spiro atoms. The van der Waals surface area contributed by atoms with Crippen LogP contribution in [0.3, 0.4) is 0 Å². The number of aryl methyl sites for hydroxylation is 1. The first-order chi connectivity index (χ1) is 18.5. The van der Waals surface area contributed by atoms with Crippen molar-refractivity contribution >= 4 is 32.7 Å². The number of aromatic nitrogens is 1. The van der Waals surface area contributed by atoms with E-state index in [1.807, 2.05) is 35.7 Å². The van der Waals surface area contributed by atoms with Crippen molar-refractivity contribution in [2.24, 2.45) is 11.0 Å². The third-order valence-electron chi connectivity index (χ3n) is 6.99. The van der Waals surface area contributed by atoms with Crippen molar-refractivity contribution in [2.45, 2.75) is 37.5 Å². The van der Waals surface area contributed by atoms with E-state index in [9.17, 15) is 8.42 Å². The number of thiazole rings is 1. The van der Waals surface area contributed by atoms with Crippen molar-refractivity contribution in [1.82, 2.24) is 9.29 Å². The molecule has 0 atom stereocenters. The third-order valence-corrected chi connectivity index (χ3v) is 9.65. The van der Waals surface area contributed by atoms with Crippen LogP contribution in [0.1, 0.15) is 36.5 Å². The Labute approximate surface area is 229 Å². The molecule has 0 bridgehead atoms. The number of anilines is 1. The standard InChI is InChI=1S/C30H32N4O2S2/c1-2-23-8-10-26(11-9-23)21-31-33-30-32-29(22-37-30)27-12-14-28(15-13-27)38(35,36)34-18-16-25(17-19-34)20-24-6-4-3-5-7-24/h3-15,21-22,25H,2,16-20H2,1H3,(H,32,33)/b31-21+. The molecule has 196 valence electrons. The molecule has 1 saturated heterocycles. The van der Waals surface area contributed by atoms with Crippen molar-refractivity contribution in [3.8, 4) is 11.3 Å². The minimum atomic E-state index is -3.51. The number of nitrogens with zero attached hydrogens (tertiary/aromatic N) is 3. The van der Waals surface area contributed by atoms with Gasteiger partial charge in [0.05, 0.1) is 16.8 Å². The first kappa shape index (κ1) is 26.3. The number of rotatable bonds is 9. The van der Waals surface area contributed by atoms with Gasteiger partial charge >= 0.3 is 0 Å². The van der Waals surface area contributed by atoms with Gasteiger partial charge in [-0.3, -0.25) is 5.43 Å². The quantitative estimate of drug-likeness (QED) is 0.194. The van der Waals surface area contributed by atoms with Crippen molar-refractivity contribution < 1.29 is 8.42 Å². The zero-order valence-electron chi connectivity index (χ0n) is 21.5. The summed E-state index contributed by atoms with van der Waals surface area (Å²) in [4.78, 5) is 4.93. The SMILES string of the molecule is CCc1ccc(/C=N/Nc2nc(-c3ccc(S(=O)(=O)N4CCC(Cc5ccccc5)CC4)cc3)cs2)cc1. The second-order valence-electron chi connectivity index (χ2n) is 9.56. The summed E-state index contributed by atoms with van der Waals surface area (Å²) in [6.07, 6.45) is 5.55. The molecule has 0 unspecified atom stereocenters. The van der Waals surface area contributed by atoms with Crippen molar-refractivity contribution in [3.05, 3.63) is 101 Å². The minimum absolute atomic E-state index is 0.329. The van der Waals surface area contributed by atoms with Gasteiger partial charge in [-0.1, -0.05) is 73.7 Å². The Balaban J connectivity index is 1.17. The largest absolute Gasteiger partial charge is 0.253 e. The van der Waals surface area contributed by atoms with Gasteiger partial charge in [0, 0.05) is 24.0 Å². The third kappa shape index (κ3) is 6.38. The van der Waals surface area contributed by atoms with E-state index >= 15 is 0 Å². The molecule has 1 fully saturated rings. The van der Waals surface area contributed by atoms with Crippen molar-refractivity contribution in [1.29, 1.82) is 0 Å². The number of hydrazone groups is 1. The molecule has 5 rings (SSSR count). The molecule has 0 saturated carbocycles. The van der Waals surface area contributed by atoms with Gasteiger partial charge in [0.15, 0.2) is 0 Å². The Morgan fingerprint density at radius 3 is 2.37 bits per heavy atom. The molecule has 6 nitrogen and oxygen atoms in total. The molecule has 0 amide bonds. The van der Waals surface area contributed by atoms with Gasteiger partial charge in [0.25, 0.3) is 0 Å². The second kappa shape index (κ2) is 12.0. The fourth-order valence-corrected chi connectivity index (χ4v) is 6.85. The normalized spacial score (nSPS) is 15.2. The van der Waals surface area contributed by atoms with Gasteiger partial charge in [-0.2, -0.15) is 9.41 Å².